The highest BCUT2D eigenvalue weighted by atomic mass is 35.5. The first kappa shape index (κ1) is 83.9. The van der Waals surface area contributed by atoms with Crippen molar-refractivity contribution >= 4 is 82.1 Å². The van der Waals surface area contributed by atoms with Gasteiger partial charge < -0.3 is 128 Å². The van der Waals surface area contributed by atoms with Gasteiger partial charge in [0.2, 0.25) is 47.5 Å². The number of phenolic OH excluding ortho intramolecular Hbond substituents is 3. The summed E-state index contributed by atoms with van der Waals surface area (Å²) in [6.45, 7) is 6.21. The fraction of sp³-hybridized carbons (Fsp3) is 0.367. The van der Waals surface area contributed by atoms with E-state index in [2.05, 4.69) is 42.5 Å². The number of aromatic hydroxyl groups is 3. The fourth-order valence-corrected chi connectivity index (χ4v) is 15.0. The van der Waals surface area contributed by atoms with Gasteiger partial charge in [-0.15, -0.1) is 0 Å². The quantitative estimate of drug-likeness (QED) is 0.0587. The van der Waals surface area contributed by atoms with Gasteiger partial charge in [0.05, 0.1) is 41.3 Å². The molecule has 6 amide bonds. The smallest absolute Gasteiger partial charge is 0.330 e. The van der Waals surface area contributed by atoms with Crippen LogP contribution in [-0.2, 0) is 54.3 Å². The van der Waals surface area contributed by atoms with E-state index in [-0.39, 0.29) is 64.1 Å². The normalized spacial score (nSPS) is 27.2. The average molecular weight is 1650 g/mol. The molecule has 7 heterocycles. The van der Waals surface area contributed by atoms with Crippen LogP contribution in [0.4, 0.5) is 0 Å². The summed E-state index contributed by atoms with van der Waals surface area (Å²) >= 11 is 20.5. The molecular weight excluding hydrogens is 1560 g/mol. The second-order valence-electron chi connectivity index (χ2n) is 29.2. The first-order chi connectivity index (χ1) is 54.6. The molecule has 18 atom stereocenters. The molecule has 0 radical (unpaired) electrons. The number of fused-ring (bicyclic) bond motifs is 15. The minimum absolute atomic E-state index is 0.0962. The van der Waals surface area contributed by atoms with Crippen LogP contribution in [0.2, 0.25) is 15.1 Å². The van der Waals surface area contributed by atoms with Gasteiger partial charge in [-0.1, -0.05) is 103 Å². The maximum absolute atomic E-state index is 15.6. The third-order valence-electron chi connectivity index (χ3n) is 20.6. The number of likely N-dealkylation sites (N-methyl/N-ethyl adjacent to an activating group) is 1. The van der Waals surface area contributed by atoms with E-state index in [0.717, 1.165) is 77.4 Å². The Bertz CT molecular complexity index is 4900. The number of rotatable bonds is 17. The number of hydrogen-bond donors (Lipinski definition) is 20. The Labute approximate surface area is 671 Å². The number of carbonyl (C=O) groups is 7. The van der Waals surface area contributed by atoms with E-state index in [1.54, 1.807) is 26.0 Å². The Morgan fingerprint density at radius 1 is 0.687 bits per heavy atom. The predicted molar refractivity (Wildman–Crippen MR) is 412 cm³/mol. The maximum atomic E-state index is 15.6. The summed E-state index contributed by atoms with van der Waals surface area (Å²) in [5.74, 6) is -15.0. The molecular formula is C79H85Cl3N10O23. The summed E-state index contributed by atoms with van der Waals surface area (Å²) in [4.78, 5) is 102. The number of aliphatic hydroxyl groups is 6. The van der Waals surface area contributed by atoms with Crippen LogP contribution in [0.1, 0.15) is 111 Å². The second-order valence-corrected chi connectivity index (χ2v) is 30.5. The molecule has 2 saturated heterocycles. The molecule has 2 fully saturated rings. The Balaban J connectivity index is 1.04. The SMILES string of the molecule is CN[C@H](CC(C)C)C(=O)N[C@H]1C(=O)N[C@@H](CC(N)=O)C(=O)N[C@H]2C(=N)N[C@H]3C(=O)N[C@H](C(=O)N[C@H](C(=O)O)c4cc(O)cc(O)c4-c4cc3ccc4O)[C@H](O)c3ccc(c(Cl)c3)Oc3cc2cc(c3O[C@@H]2O[C@H](CO)[C@@H](O)[C@H](O)[C@H]2O[C@H]2C[C@](C)(NCc3ccc(-c4ccc(Cl)cc4)cc3)[C@H](O)[C@H](C)O2)Oc2ccc(cc2Cl)[C@H]1O. The topological polar surface area (TPSA) is 523 Å². The molecule has 0 spiro atoms. The van der Waals surface area contributed by atoms with E-state index in [4.69, 9.17) is 69.0 Å². The Hall–Kier alpha value is -10.5. The van der Waals surface area contributed by atoms with E-state index in [1.807, 2.05) is 50.2 Å². The lowest BCUT2D eigenvalue weighted by Gasteiger charge is -2.48. The van der Waals surface area contributed by atoms with Gasteiger partial charge in [-0.2, -0.15) is 0 Å². The Kier molecular flexibility index (Phi) is 25.5. The number of phenols is 3. The number of hydrogen-bond acceptors (Lipinski definition) is 25. The number of nitrogens with two attached hydrogens (primary N) is 1. The number of ether oxygens (including phenoxy) is 6. The molecule has 36 heteroatoms. The lowest BCUT2D eigenvalue weighted by molar-refractivity contribution is -0.334. The Morgan fingerprint density at radius 3 is 1.91 bits per heavy atom. The van der Waals surface area contributed by atoms with Gasteiger partial charge in [0, 0.05) is 46.3 Å². The van der Waals surface area contributed by atoms with Crippen molar-refractivity contribution in [2.75, 3.05) is 13.7 Å². The Morgan fingerprint density at radius 2 is 1.31 bits per heavy atom. The molecule has 0 unspecified atom stereocenters. The molecule has 115 heavy (non-hydrogen) atoms. The molecule has 11 bridgehead atoms. The highest BCUT2D eigenvalue weighted by molar-refractivity contribution is 6.32. The van der Waals surface area contributed by atoms with Crippen molar-refractivity contribution in [3.63, 3.8) is 0 Å². The summed E-state index contributed by atoms with van der Waals surface area (Å²) < 4.78 is 39.6. The first-order valence-corrected chi connectivity index (χ1v) is 37.6. The number of nitrogens with one attached hydrogen (secondary N) is 9. The number of benzene rings is 7. The van der Waals surface area contributed by atoms with Crippen molar-refractivity contribution in [1.29, 1.82) is 5.41 Å². The zero-order chi connectivity index (χ0) is 82.9. The van der Waals surface area contributed by atoms with Gasteiger partial charge in [-0.05, 0) is 139 Å². The zero-order valence-corrected chi connectivity index (χ0v) is 64.3. The number of amidine groups is 1. The van der Waals surface area contributed by atoms with Gasteiger partial charge in [-0.25, -0.2) is 4.79 Å². The molecule has 0 aliphatic carbocycles. The summed E-state index contributed by atoms with van der Waals surface area (Å²) in [6.07, 6.45) is -18.4. The fourth-order valence-electron chi connectivity index (χ4n) is 14.4. The minimum Gasteiger partial charge on any atom is -0.508 e. The highest BCUT2D eigenvalue weighted by Gasteiger charge is 2.52. The lowest BCUT2D eigenvalue weighted by Crippen LogP contribution is -2.65. The van der Waals surface area contributed by atoms with Crippen LogP contribution in [0, 0.1) is 11.3 Å². The van der Waals surface area contributed by atoms with Gasteiger partial charge in [0.25, 0.3) is 0 Å². The standard InChI is InChI=1S/C79H85Cl3N10O23/c1-32(2)20-47(85-5)72(103)91-62-64(98)38-13-18-51(45(81)22-38)111-53-24-40-25-54(68(53)115-78-69(67(101)66(100)55(31-93)113-78)114-57-29-79(4,70(102)33(3)110-57)86-30-34-6-8-35(9-7-34)36-10-15-41(80)16-11-36)112-52-19-14-39(23-46(52)82)65(99)63-76(107)90-61(77(108)109)44-26-42(94)27-50(96)58(44)43-21-37(12-17-49(43)95)60(74(105)92-63)88-71(84)59(40)89-73(104)48(28-56(83)97)87-75(62)106/h6-19,21-27,32-33,47-48,55,57,59-67,69-70,78,85-86,93-96,98-102H,20,28-31H2,1-5H3,(H2,83,97)(H2,84,88)(H,87,106)(H,89,104)(H,90,107)(H,91,103)(H,92,105)(H,108,109)/t33-,47+,48-,55+,57-,59+,60+,61-,62+,63-,64+,65+,66+,67-,69+,70+,78-,79-/m0/s1. The van der Waals surface area contributed by atoms with Gasteiger partial charge in [0.1, 0.15) is 95.3 Å². The number of halogens is 3. The van der Waals surface area contributed by atoms with Crippen LogP contribution in [0.3, 0.4) is 0 Å². The zero-order valence-electron chi connectivity index (χ0n) is 62.0. The van der Waals surface area contributed by atoms with Crippen LogP contribution in [0.25, 0.3) is 22.3 Å². The predicted octanol–water partition coefficient (Wildman–Crippen LogP) is 4.71. The number of carboxylic acids is 1. The molecule has 7 aliphatic rings. The summed E-state index contributed by atoms with van der Waals surface area (Å²) in [7, 11) is 1.49. The van der Waals surface area contributed by atoms with Crippen LogP contribution in [0.15, 0.2) is 127 Å². The van der Waals surface area contributed by atoms with E-state index >= 15 is 9.59 Å². The molecule has 7 aliphatic heterocycles. The number of primary amides is 1. The number of carbonyl (C=O) groups excluding carboxylic acids is 6. The van der Waals surface area contributed by atoms with Crippen molar-refractivity contribution < 1.29 is 113 Å². The number of carboxylic acid groups (broad SMARTS) is 1. The summed E-state index contributed by atoms with van der Waals surface area (Å²) in [6, 6.07) is 15.3. The van der Waals surface area contributed by atoms with Gasteiger partial charge in [-0.3, -0.25) is 34.2 Å². The van der Waals surface area contributed by atoms with Crippen molar-refractivity contribution in [1.82, 2.24) is 42.5 Å². The third-order valence-corrected chi connectivity index (χ3v) is 21.4. The van der Waals surface area contributed by atoms with Crippen molar-refractivity contribution in [2.45, 2.75) is 163 Å². The molecule has 0 saturated carbocycles. The van der Waals surface area contributed by atoms with Crippen molar-refractivity contribution in [2.24, 2.45) is 11.7 Å². The van der Waals surface area contributed by atoms with Gasteiger partial charge in [0.15, 0.2) is 29.9 Å². The number of aliphatic carboxylic acids is 1. The first-order valence-electron chi connectivity index (χ1n) is 36.4. The molecule has 610 valence electrons. The van der Waals surface area contributed by atoms with Crippen molar-refractivity contribution in [3.8, 4) is 68.2 Å². The molecule has 33 nitrogen and oxygen atoms in total. The average Bonchev–Trinajstić information content (AvgIpc) is 0.764. The monoisotopic (exact) mass is 1650 g/mol. The maximum Gasteiger partial charge on any atom is 0.330 e. The summed E-state index contributed by atoms with van der Waals surface area (Å²) in [5.41, 5.74) is 4.72. The second kappa shape index (κ2) is 34.9. The number of amides is 6. The van der Waals surface area contributed by atoms with Crippen molar-refractivity contribution in [3.05, 3.63) is 176 Å². The molecule has 14 rings (SSSR count). The minimum atomic E-state index is -2.27. The molecule has 21 N–H and O–H groups in total. The van der Waals surface area contributed by atoms with Gasteiger partial charge >= 0.3 is 5.97 Å². The molecule has 0 aromatic heterocycles. The van der Waals surface area contributed by atoms with Crippen LogP contribution in [0.5, 0.6) is 46.0 Å². The van der Waals surface area contributed by atoms with Crippen LogP contribution < -0.4 is 62.5 Å². The number of aliphatic hydroxyl groups excluding tert-OH is 6. The highest BCUT2D eigenvalue weighted by Crippen LogP contribution is 2.50. The van der Waals surface area contributed by atoms with E-state index in [9.17, 15) is 80.4 Å². The largest absolute Gasteiger partial charge is 0.508 e. The van der Waals surface area contributed by atoms with E-state index in [0.29, 0.717) is 5.02 Å². The summed E-state index contributed by atoms with van der Waals surface area (Å²) in [5, 5.41) is 148. The van der Waals surface area contributed by atoms with Crippen LogP contribution in [-0.4, -0.2) is 191 Å². The third kappa shape index (κ3) is 18.3. The molecule has 7 aromatic carbocycles. The van der Waals surface area contributed by atoms with Crippen LogP contribution >= 0.6 is 34.8 Å². The lowest BCUT2D eigenvalue weighted by atomic mass is 9.84. The molecule has 7 aromatic rings. The van der Waals surface area contributed by atoms with E-state index < -0.39 is 226 Å². The van der Waals surface area contributed by atoms with E-state index in [1.165, 1.54) is 25.2 Å².